The molecular formula is C10H22N2O2. The second-order valence-electron chi connectivity index (χ2n) is 3.89. The van der Waals surface area contributed by atoms with Crippen LogP contribution >= 0.6 is 0 Å². The summed E-state index contributed by atoms with van der Waals surface area (Å²) in [6.07, 6.45) is 3.79. The molecule has 1 aliphatic heterocycles. The van der Waals surface area contributed by atoms with E-state index in [1.807, 2.05) is 0 Å². The molecule has 1 aliphatic rings. The normalized spacial score (nSPS) is 22.9. The van der Waals surface area contributed by atoms with Gasteiger partial charge in [0.15, 0.2) is 0 Å². The summed E-state index contributed by atoms with van der Waals surface area (Å²) in [5.41, 5.74) is 0. The summed E-state index contributed by atoms with van der Waals surface area (Å²) in [5.74, 6) is 0. The van der Waals surface area contributed by atoms with Crippen LogP contribution in [0.2, 0.25) is 0 Å². The molecule has 0 spiro atoms. The Morgan fingerprint density at radius 1 is 1.14 bits per heavy atom. The first-order valence-electron chi connectivity index (χ1n) is 5.54. The molecule has 1 atom stereocenters. The second kappa shape index (κ2) is 7.17. The zero-order valence-corrected chi connectivity index (χ0v) is 8.78. The third kappa shape index (κ3) is 4.37. The van der Waals surface area contributed by atoms with Crippen molar-refractivity contribution in [2.24, 2.45) is 0 Å². The fourth-order valence-electron chi connectivity index (χ4n) is 1.97. The fraction of sp³-hybridized carbons (Fsp3) is 1.00. The Hall–Kier alpha value is -0.160. The van der Waals surface area contributed by atoms with Crippen molar-refractivity contribution in [1.29, 1.82) is 0 Å². The summed E-state index contributed by atoms with van der Waals surface area (Å²) in [6.45, 7) is 3.73. The lowest BCUT2D eigenvalue weighted by atomic mass is 10.0. The lowest BCUT2D eigenvalue weighted by Gasteiger charge is -2.29. The van der Waals surface area contributed by atoms with Crippen molar-refractivity contribution in [1.82, 2.24) is 10.2 Å². The number of hydrogen-bond acceptors (Lipinski definition) is 4. The largest absolute Gasteiger partial charge is 0.395 e. The summed E-state index contributed by atoms with van der Waals surface area (Å²) in [4.78, 5) is 2.11. The van der Waals surface area contributed by atoms with Gasteiger partial charge in [-0.1, -0.05) is 6.42 Å². The molecule has 4 heteroatoms. The summed E-state index contributed by atoms with van der Waals surface area (Å²) in [7, 11) is 0. The molecule has 3 N–H and O–H groups in total. The summed E-state index contributed by atoms with van der Waals surface area (Å²) < 4.78 is 0. The molecule has 0 saturated carbocycles. The molecule has 0 aromatic carbocycles. The number of rotatable bonds is 6. The molecular weight excluding hydrogens is 180 g/mol. The number of aliphatic hydroxyl groups excluding tert-OH is 2. The number of aliphatic hydroxyl groups is 2. The van der Waals surface area contributed by atoms with E-state index in [9.17, 15) is 0 Å². The quantitative estimate of drug-likeness (QED) is 0.539. The van der Waals surface area contributed by atoms with Crippen LogP contribution in [0.25, 0.3) is 0 Å². The van der Waals surface area contributed by atoms with E-state index >= 15 is 0 Å². The van der Waals surface area contributed by atoms with Crippen molar-refractivity contribution in [3.8, 4) is 0 Å². The van der Waals surface area contributed by atoms with Crippen molar-refractivity contribution in [3.63, 3.8) is 0 Å². The molecule has 1 rings (SSSR count). The minimum atomic E-state index is 0.173. The van der Waals surface area contributed by atoms with Gasteiger partial charge in [-0.25, -0.2) is 0 Å². The molecule has 0 aromatic rings. The van der Waals surface area contributed by atoms with Crippen LogP contribution in [0.3, 0.4) is 0 Å². The first-order chi connectivity index (χ1) is 6.86. The van der Waals surface area contributed by atoms with Crippen LogP contribution in [0.4, 0.5) is 0 Å². The highest BCUT2D eigenvalue weighted by Gasteiger charge is 2.15. The van der Waals surface area contributed by atoms with Crippen molar-refractivity contribution in [2.45, 2.75) is 25.3 Å². The van der Waals surface area contributed by atoms with E-state index in [-0.39, 0.29) is 13.2 Å². The lowest BCUT2D eigenvalue weighted by Crippen LogP contribution is -2.45. The SMILES string of the molecule is OCCN(CCO)CC1CCCCN1. The van der Waals surface area contributed by atoms with E-state index in [2.05, 4.69) is 10.2 Å². The van der Waals surface area contributed by atoms with Gasteiger partial charge in [0.2, 0.25) is 0 Å². The summed E-state index contributed by atoms with van der Waals surface area (Å²) in [5, 5.41) is 21.2. The van der Waals surface area contributed by atoms with Crippen LogP contribution in [0.15, 0.2) is 0 Å². The third-order valence-electron chi connectivity index (χ3n) is 2.72. The standard InChI is InChI=1S/C10H22N2O2/c13-7-5-12(6-8-14)9-10-3-1-2-4-11-10/h10-11,13-14H,1-9H2. The highest BCUT2D eigenvalue weighted by atomic mass is 16.3. The van der Waals surface area contributed by atoms with E-state index in [1.54, 1.807) is 0 Å². The van der Waals surface area contributed by atoms with Crippen LogP contribution < -0.4 is 5.32 Å². The molecule has 4 nitrogen and oxygen atoms in total. The molecule has 1 unspecified atom stereocenters. The molecule has 84 valence electrons. The Kier molecular flexibility index (Phi) is 6.10. The Bertz CT molecular complexity index is 132. The number of nitrogens with one attached hydrogen (secondary N) is 1. The monoisotopic (exact) mass is 202 g/mol. The first kappa shape index (κ1) is 11.9. The Morgan fingerprint density at radius 2 is 1.86 bits per heavy atom. The van der Waals surface area contributed by atoms with E-state index in [0.29, 0.717) is 19.1 Å². The van der Waals surface area contributed by atoms with Gasteiger partial charge in [-0.3, -0.25) is 4.90 Å². The van der Waals surface area contributed by atoms with Gasteiger partial charge in [0, 0.05) is 25.7 Å². The van der Waals surface area contributed by atoms with Gasteiger partial charge in [0.25, 0.3) is 0 Å². The van der Waals surface area contributed by atoms with Gasteiger partial charge in [-0.15, -0.1) is 0 Å². The molecule has 1 heterocycles. The topological polar surface area (TPSA) is 55.7 Å². The third-order valence-corrected chi connectivity index (χ3v) is 2.72. The fourth-order valence-corrected chi connectivity index (χ4v) is 1.97. The number of piperidine rings is 1. The Morgan fingerprint density at radius 3 is 2.36 bits per heavy atom. The van der Waals surface area contributed by atoms with Gasteiger partial charge >= 0.3 is 0 Å². The Labute approximate surface area is 85.9 Å². The van der Waals surface area contributed by atoms with E-state index in [4.69, 9.17) is 10.2 Å². The maximum atomic E-state index is 8.85. The first-order valence-corrected chi connectivity index (χ1v) is 5.54. The van der Waals surface area contributed by atoms with Gasteiger partial charge in [-0.05, 0) is 19.4 Å². The van der Waals surface area contributed by atoms with Gasteiger partial charge < -0.3 is 15.5 Å². The van der Waals surface area contributed by atoms with Crippen LogP contribution in [0.1, 0.15) is 19.3 Å². The van der Waals surface area contributed by atoms with Crippen molar-refractivity contribution in [3.05, 3.63) is 0 Å². The zero-order valence-electron chi connectivity index (χ0n) is 8.78. The summed E-state index contributed by atoms with van der Waals surface area (Å²) >= 11 is 0. The van der Waals surface area contributed by atoms with E-state index in [1.165, 1.54) is 19.3 Å². The number of hydrogen-bond donors (Lipinski definition) is 3. The van der Waals surface area contributed by atoms with Crippen molar-refractivity contribution < 1.29 is 10.2 Å². The van der Waals surface area contributed by atoms with Crippen LogP contribution in [0.5, 0.6) is 0 Å². The van der Waals surface area contributed by atoms with Gasteiger partial charge in [0.1, 0.15) is 0 Å². The van der Waals surface area contributed by atoms with E-state index in [0.717, 1.165) is 13.1 Å². The van der Waals surface area contributed by atoms with Crippen molar-refractivity contribution in [2.75, 3.05) is 39.4 Å². The highest BCUT2D eigenvalue weighted by molar-refractivity contribution is 4.75. The van der Waals surface area contributed by atoms with Crippen LogP contribution in [0, 0.1) is 0 Å². The number of nitrogens with zero attached hydrogens (tertiary/aromatic N) is 1. The lowest BCUT2D eigenvalue weighted by molar-refractivity contribution is 0.145. The maximum absolute atomic E-state index is 8.85. The molecule has 1 saturated heterocycles. The molecule has 1 fully saturated rings. The predicted molar refractivity (Wildman–Crippen MR) is 56.3 cm³/mol. The average Bonchev–Trinajstić information content (AvgIpc) is 2.20. The molecule has 0 bridgehead atoms. The average molecular weight is 202 g/mol. The highest BCUT2D eigenvalue weighted by Crippen LogP contribution is 2.08. The minimum absolute atomic E-state index is 0.173. The minimum Gasteiger partial charge on any atom is -0.395 e. The van der Waals surface area contributed by atoms with Gasteiger partial charge in [0.05, 0.1) is 13.2 Å². The molecule has 0 aliphatic carbocycles. The molecule has 0 amide bonds. The second-order valence-corrected chi connectivity index (χ2v) is 3.89. The zero-order chi connectivity index (χ0) is 10.2. The van der Waals surface area contributed by atoms with Gasteiger partial charge in [-0.2, -0.15) is 0 Å². The predicted octanol–water partition coefficient (Wildman–Crippen LogP) is -0.585. The molecule has 14 heavy (non-hydrogen) atoms. The molecule has 0 aromatic heterocycles. The Balaban J connectivity index is 2.21. The van der Waals surface area contributed by atoms with E-state index < -0.39 is 0 Å². The van der Waals surface area contributed by atoms with Crippen LogP contribution in [-0.4, -0.2) is 60.5 Å². The van der Waals surface area contributed by atoms with Crippen molar-refractivity contribution >= 4 is 0 Å². The van der Waals surface area contributed by atoms with Crippen LogP contribution in [-0.2, 0) is 0 Å². The maximum Gasteiger partial charge on any atom is 0.0558 e. The molecule has 0 radical (unpaired) electrons. The smallest absolute Gasteiger partial charge is 0.0558 e. The summed E-state index contributed by atoms with van der Waals surface area (Å²) in [6, 6.07) is 0.543.